The molecule has 120 valence electrons. The zero-order valence-corrected chi connectivity index (χ0v) is 11.7. The van der Waals surface area contributed by atoms with Gasteiger partial charge in [-0.25, -0.2) is 4.79 Å². The second kappa shape index (κ2) is 7.60. The SMILES string of the molecule is CCCO.O=c1ccn(-c2cccc(C(F)(F)F)c2)c(=O)[nH]1. The van der Waals surface area contributed by atoms with E-state index in [2.05, 4.69) is 0 Å². The zero-order chi connectivity index (χ0) is 16.8. The summed E-state index contributed by atoms with van der Waals surface area (Å²) in [5, 5.41) is 7.88. The summed E-state index contributed by atoms with van der Waals surface area (Å²) in [6.07, 6.45) is -2.49. The number of hydrogen-bond donors (Lipinski definition) is 2. The van der Waals surface area contributed by atoms with Gasteiger partial charge in [0.1, 0.15) is 0 Å². The maximum Gasteiger partial charge on any atom is 0.416 e. The van der Waals surface area contributed by atoms with Gasteiger partial charge in [0.2, 0.25) is 0 Å². The monoisotopic (exact) mass is 316 g/mol. The van der Waals surface area contributed by atoms with Gasteiger partial charge >= 0.3 is 11.9 Å². The zero-order valence-electron chi connectivity index (χ0n) is 11.7. The summed E-state index contributed by atoms with van der Waals surface area (Å²) in [6.45, 7) is 2.25. The van der Waals surface area contributed by atoms with Gasteiger partial charge in [-0.3, -0.25) is 14.3 Å². The molecule has 2 aromatic rings. The Bertz CT molecular complexity index is 718. The third-order valence-corrected chi connectivity index (χ3v) is 2.50. The van der Waals surface area contributed by atoms with Crippen molar-refractivity contribution in [3.8, 4) is 5.69 Å². The lowest BCUT2D eigenvalue weighted by Gasteiger charge is -2.09. The van der Waals surface area contributed by atoms with Crippen molar-refractivity contribution in [2.75, 3.05) is 6.61 Å². The van der Waals surface area contributed by atoms with E-state index in [0.29, 0.717) is 6.61 Å². The van der Waals surface area contributed by atoms with Gasteiger partial charge in [-0.2, -0.15) is 13.2 Å². The minimum absolute atomic E-state index is 0.0334. The fraction of sp³-hybridized carbons (Fsp3) is 0.286. The molecule has 0 aliphatic rings. The molecule has 5 nitrogen and oxygen atoms in total. The molecule has 0 bridgehead atoms. The molecule has 2 N–H and O–H groups in total. The van der Waals surface area contributed by atoms with Crippen LogP contribution in [0.5, 0.6) is 0 Å². The van der Waals surface area contributed by atoms with Gasteiger partial charge < -0.3 is 5.11 Å². The van der Waals surface area contributed by atoms with E-state index in [4.69, 9.17) is 5.11 Å². The lowest BCUT2D eigenvalue weighted by atomic mass is 10.2. The number of aliphatic hydroxyl groups excluding tert-OH is 1. The minimum atomic E-state index is -4.48. The van der Waals surface area contributed by atoms with E-state index in [1.54, 1.807) is 0 Å². The number of H-pyrrole nitrogens is 1. The average Bonchev–Trinajstić information content (AvgIpc) is 2.47. The standard InChI is InChI=1S/C11H7F3N2O2.C3H8O/c12-11(13,14)7-2-1-3-8(6-7)16-5-4-9(17)15-10(16)18;1-2-3-4/h1-6H,(H,15,17,18);4H,2-3H2,1H3. The molecule has 0 fully saturated rings. The molecule has 2 rings (SSSR count). The number of aliphatic hydroxyl groups is 1. The molecule has 22 heavy (non-hydrogen) atoms. The number of hydrogen-bond acceptors (Lipinski definition) is 3. The fourth-order valence-corrected chi connectivity index (χ4v) is 1.45. The summed E-state index contributed by atoms with van der Waals surface area (Å²) in [6, 6.07) is 5.33. The Kier molecular flexibility index (Phi) is 6.11. The van der Waals surface area contributed by atoms with Crippen molar-refractivity contribution in [3.63, 3.8) is 0 Å². The molecule has 0 radical (unpaired) electrons. The molecule has 0 aliphatic carbocycles. The van der Waals surface area contributed by atoms with Crippen LogP contribution in [0.15, 0.2) is 46.1 Å². The van der Waals surface area contributed by atoms with Crippen LogP contribution in [0, 0.1) is 0 Å². The minimum Gasteiger partial charge on any atom is -0.396 e. The van der Waals surface area contributed by atoms with Gasteiger partial charge in [0, 0.05) is 18.9 Å². The molecular weight excluding hydrogens is 301 g/mol. The van der Waals surface area contributed by atoms with Crippen LogP contribution in [0.1, 0.15) is 18.9 Å². The van der Waals surface area contributed by atoms with Crippen molar-refractivity contribution in [1.29, 1.82) is 0 Å². The Balaban J connectivity index is 0.000000541. The lowest BCUT2D eigenvalue weighted by Crippen LogP contribution is -2.27. The number of halogens is 3. The van der Waals surface area contributed by atoms with Gasteiger partial charge in [0.25, 0.3) is 5.56 Å². The normalized spacial score (nSPS) is 10.8. The predicted octanol–water partition coefficient (Wildman–Crippen LogP) is 1.93. The van der Waals surface area contributed by atoms with Gasteiger partial charge in [-0.15, -0.1) is 0 Å². The van der Waals surface area contributed by atoms with Gasteiger partial charge in [-0.05, 0) is 24.6 Å². The summed E-state index contributed by atoms with van der Waals surface area (Å²) in [7, 11) is 0. The van der Waals surface area contributed by atoms with Gasteiger partial charge in [0.15, 0.2) is 0 Å². The van der Waals surface area contributed by atoms with Crippen LogP contribution in [-0.4, -0.2) is 21.3 Å². The molecular formula is C14H15F3N2O3. The summed E-state index contributed by atoms with van der Waals surface area (Å²) in [5.41, 5.74) is -2.23. The van der Waals surface area contributed by atoms with E-state index < -0.39 is 23.0 Å². The van der Waals surface area contributed by atoms with Gasteiger partial charge in [-0.1, -0.05) is 13.0 Å². The number of aromatic nitrogens is 2. The van der Waals surface area contributed by atoms with Crippen molar-refractivity contribution < 1.29 is 18.3 Å². The molecule has 1 aromatic carbocycles. The van der Waals surface area contributed by atoms with E-state index in [9.17, 15) is 22.8 Å². The molecule has 8 heteroatoms. The average molecular weight is 316 g/mol. The summed E-state index contributed by atoms with van der Waals surface area (Å²) in [4.78, 5) is 24.2. The van der Waals surface area contributed by atoms with E-state index in [-0.39, 0.29) is 5.69 Å². The lowest BCUT2D eigenvalue weighted by molar-refractivity contribution is -0.137. The van der Waals surface area contributed by atoms with Crippen molar-refractivity contribution in [3.05, 3.63) is 62.9 Å². The van der Waals surface area contributed by atoms with Crippen molar-refractivity contribution in [1.82, 2.24) is 9.55 Å². The second-order valence-electron chi connectivity index (χ2n) is 4.25. The number of nitrogens with one attached hydrogen (secondary N) is 1. The summed E-state index contributed by atoms with van der Waals surface area (Å²) >= 11 is 0. The highest BCUT2D eigenvalue weighted by atomic mass is 19.4. The third-order valence-electron chi connectivity index (χ3n) is 2.50. The van der Waals surface area contributed by atoms with E-state index in [1.807, 2.05) is 11.9 Å². The maximum atomic E-state index is 12.5. The third kappa shape index (κ3) is 4.88. The van der Waals surface area contributed by atoms with E-state index in [1.165, 1.54) is 12.1 Å². The van der Waals surface area contributed by atoms with E-state index in [0.717, 1.165) is 35.4 Å². The van der Waals surface area contributed by atoms with Crippen LogP contribution in [0.3, 0.4) is 0 Å². The number of alkyl halides is 3. The van der Waals surface area contributed by atoms with Crippen molar-refractivity contribution in [2.45, 2.75) is 19.5 Å². The van der Waals surface area contributed by atoms with Crippen molar-refractivity contribution >= 4 is 0 Å². The maximum absolute atomic E-state index is 12.5. The highest BCUT2D eigenvalue weighted by Gasteiger charge is 2.30. The first-order chi connectivity index (χ1) is 10.3. The quantitative estimate of drug-likeness (QED) is 0.889. The largest absolute Gasteiger partial charge is 0.416 e. The number of nitrogens with zero attached hydrogens (tertiary/aromatic N) is 1. The first kappa shape index (κ1) is 17.7. The Morgan fingerprint density at radius 2 is 1.86 bits per heavy atom. The smallest absolute Gasteiger partial charge is 0.396 e. The molecule has 0 atom stereocenters. The molecule has 0 spiro atoms. The Hall–Kier alpha value is -2.35. The fourth-order valence-electron chi connectivity index (χ4n) is 1.45. The highest BCUT2D eigenvalue weighted by Crippen LogP contribution is 2.29. The molecule has 1 aromatic heterocycles. The molecule has 0 amide bonds. The molecule has 0 unspecified atom stereocenters. The summed E-state index contributed by atoms with van der Waals surface area (Å²) in [5.74, 6) is 0. The van der Waals surface area contributed by atoms with Crippen LogP contribution in [-0.2, 0) is 6.18 Å². The number of rotatable bonds is 2. The molecule has 0 saturated heterocycles. The molecule has 0 saturated carbocycles. The van der Waals surface area contributed by atoms with E-state index >= 15 is 0 Å². The molecule has 1 heterocycles. The number of aromatic amines is 1. The van der Waals surface area contributed by atoms with Gasteiger partial charge in [0.05, 0.1) is 11.3 Å². The van der Waals surface area contributed by atoms with Crippen LogP contribution >= 0.6 is 0 Å². The Labute approximate surface area is 123 Å². The van der Waals surface area contributed by atoms with Crippen LogP contribution in [0.2, 0.25) is 0 Å². The molecule has 0 aliphatic heterocycles. The number of benzene rings is 1. The first-order valence-corrected chi connectivity index (χ1v) is 6.40. The predicted molar refractivity (Wildman–Crippen MR) is 75.0 cm³/mol. The van der Waals surface area contributed by atoms with Crippen LogP contribution in [0.25, 0.3) is 5.69 Å². The Morgan fingerprint density at radius 3 is 2.36 bits per heavy atom. The second-order valence-corrected chi connectivity index (χ2v) is 4.25. The Morgan fingerprint density at radius 1 is 1.23 bits per heavy atom. The first-order valence-electron chi connectivity index (χ1n) is 6.40. The van der Waals surface area contributed by atoms with Crippen LogP contribution in [0.4, 0.5) is 13.2 Å². The highest BCUT2D eigenvalue weighted by molar-refractivity contribution is 5.36. The topological polar surface area (TPSA) is 75.1 Å². The summed E-state index contributed by atoms with van der Waals surface area (Å²) < 4.78 is 38.4. The van der Waals surface area contributed by atoms with Crippen molar-refractivity contribution in [2.24, 2.45) is 0 Å². The van der Waals surface area contributed by atoms with Crippen LogP contribution < -0.4 is 11.2 Å².